The Labute approximate surface area is 143 Å². The molecule has 1 N–H and O–H groups in total. The maximum atomic E-state index is 11.7. The summed E-state index contributed by atoms with van der Waals surface area (Å²) in [5, 5.41) is 9.57. The van der Waals surface area contributed by atoms with E-state index in [1.54, 1.807) is 12.2 Å². The van der Waals surface area contributed by atoms with Gasteiger partial charge >= 0.3 is 11.9 Å². The number of aliphatic carboxylic acids is 1. The number of methoxy groups -OCH3 is 1. The lowest BCUT2D eigenvalue weighted by molar-refractivity contribution is -0.136. The van der Waals surface area contributed by atoms with Crippen molar-refractivity contribution < 1.29 is 19.4 Å². The van der Waals surface area contributed by atoms with Crippen molar-refractivity contribution in [2.45, 2.75) is 32.6 Å². The Morgan fingerprint density at radius 1 is 1.25 bits per heavy atom. The Morgan fingerprint density at radius 3 is 2.46 bits per heavy atom. The van der Waals surface area contributed by atoms with Crippen molar-refractivity contribution in [3.05, 3.63) is 65.3 Å². The Morgan fingerprint density at radius 2 is 1.92 bits per heavy atom. The zero-order chi connectivity index (χ0) is 17.9. The lowest BCUT2D eigenvalue weighted by atomic mass is 9.95. The molecule has 0 spiro atoms. The molecule has 128 valence electrons. The number of ether oxygens (including phenoxy) is 1. The van der Waals surface area contributed by atoms with Gasteiger partial charge in [0.15, 0.2) is 0 Å². The summed E-state index contributed by atoms with van der Waals surface area (Å²) in [5.41, 5.74) is 2.07. The van der Waals surface area contributed by atoms with Gasteiger partial charge in [-0.15, -0.1) is 0 Å². The highest BCUT2D eigenvalue weighted by Gasteiger charge is 2.16. The second kappa shape index (κ2) is 10.2. The molecule has 0 amide bonds. The molecule has 0 saturated carbocycles. The molecule has 0 aliphatic rings. The van der Waals surface area contributed by atoms with Crippen molar-refractivity contribution >= 4 is 18.0 Å². The third kappa shape index (κ3) is 6.24. The van der Waals surface area contributed by atoms with Crippen LogP contribution in [0.5, 0.6) is 0 Å². The summed E-state index contributed by atoms with van der Waals surface area (Å²) in [6.07, 6.45) is 5.94. The molecule has 0 aliphatic heterocycles. The van der Waals surface area contributed by atoms with Crippen LogP contribution in [0.25, 0.3) is 6.08 Å². The normalized spacial score (nSPS) is 11.9. The molecule has 4 nitrogen and oxygen atoms in total. The number of unbranched alkanes of at least 4 members (excludes halogenated alkanes) is 1. The minimum Gasteiger partial charge on any atom is -0.478 e. The average Bonchev–Trinajstić information content (AvgIpc) is 2.59. The van der Waals surface area contributed by atoms with Gasteiger partial charge in [-0.1, -0.05) is 61.9 Å². The van der Waals surface area contributed by atoms with Crippen LogP contribution in [0.1, 0.15) is 38.2 Å². The van der Waals surface area contributed by atoms with Crippen LogP contribution in [0, 0.1) is 0 Å². The molecular formula is C20H24O4. The molecule has 0 unspecified atom stereocenters. The SMILES string of the molecule is C=C(CC(CCCC)=C(C=Cc1ccccc1)C(=O)O)C(=O)OC. The van der Waals surface area contributed by atoms with Gasteiger partial charge < -0.3 is 9.84 Å². The van der Waals surface area contributed by atoms with Gasteiger partial charge in [0, 0.05) is 12.0 Å². The fraction of sp³-hybridized carbons (Fsp3) is 0.300. The van der Waals surface area contributed by atoms with E-state index < -0.39 is 11.9 Å². The van der Waals surface area contributed by atoms with Gasteiger partial charge in [0.25, 0.3) is 0 Å². The topological polar surface area (TPSA) is 63.6 Å². The van der Waals surface area contributed by atoms with E-state index in [-0.39, 0.29) is 17.6 Å². The summed E-state index contributed by atoms with van der Waals surface area (Å²) in [5.74, 6) is -1.52. The molecule has 0 heterocycles. The number of hydrogen-bond donors (Lipinski definition) is 1. The molecule has 0 bridgehead atoms. The zero-order valence-corrected chi connectivity index (χ0v) is 14.2. The predicted molar refractivity (Wildman–Crippen MR) is 95.4 cm³/mol. The first-order valence-corrected chi connectivity index (χ1v) is 7.94. The van der Waals surface area contributed by atoms with Crippen LogP contribution in [0.15, 0.2) is 59.7 Å². The maximum absolute atomic E-state index is 11.7. The molecule has 0 aliphatic carbocycles. The van der Waals surface area contributed by atoms with E-state index in [1.165, 1.54) is 7.11 Å². The molecule has 0 atom stereocenters. The van der Waals surface area contributed by atoms with Crippen LogP contribution in [-0.4, -0.2) is 24.2 Å². The highest BCUT2D eigenvalue weighted by molar-refractivity contribution is 5.93. The van der Waals surface area contributed by atoms with Crippen LogP contribution in [-0.2, 0) is 14.3 Å². The third-order valence-corrected chi connectivity index (χ3v) is 3.59. The number of benzene rings is 1. The predicted octanol–water partition coefficient (Wildman–Crippen LogP) is 4.39. The first kappa shape index (κ1) is 19.4. The van der Waals surface area contributed by atoms with Crippen molar-refractivity contribution in [2.24, 2.45) is 0 Å². The largest absolute Gasteiger partial charge is 0.478 e. The van der Waals surface area contributed by atoms with Gasteiger partial charge in [0.2, 0.25) is 0 Å². The molecule has 0 aromatic heterocycles. The minimum absolute atomic E-state index is 0.202. The van der Waals surface area contributed by atoms with Crippen molar-refractivity contribution in [2.75, 3.05) is 7.11 Å². The summed E-state index contributed by atoms with van der Waals surface area (Å²) in [4.78, 5) is 23.3. The molecule has 1 aromatic carbocycles. The van der Waals surface area contributed by atoms with E-state index >= 15 is 0 Å². The Kier molecular flexibility index (Phi) is 8.26. The van der Waals surface area contributed by atoms with Crippen LogP contribution in [0.3, 0.4) is 0 Å². The summed E-state index contributed by atoms with van der Waals surface area (Å²) < 4.78 is 4.66. The molecule has 1 rings (SSSR count). The Balaban J connectivity index is 3.15. The second-order valence-corrected chi connectivity index (χ2v) is 5.44. The number of hydrogen-bond acceptors (Lipinski definition) is 3. The zero-order valence-electron chi connectivity index (χ0n) is 14.2. The number of esters is 1. The molecule has 1 aromatic rings. The number of allylic oxidation sites excluding steroid dienone is 1. The van der Waals surface area contributed by atoms with E-state index in [0.717, 1.165) is 18.4 Å². The maximum Gasteiger partial charge on any atom is 0.335 e. The first-order valence-electron chi connectivity index (χ1n) is 7.94. The van der Waals surface area contributed by atoms with E-state index in [4.69, 9.17) is 0 Å². The number of carboxylic acid groups (broad SMARTS) is 1. The quantitative estimate of drug-likeness (QED) is 0.415. The van der Waals surface area contributed by atoms with Gasteiger partial charge in [0.1, 0.15) is 0 Å². The molecule has 0 radical (unpaired) electrons. The summed E-state index contributed by atoms with van der Waals surface area (Å²) >= 11 is 0. The van der Waals surface area contributed by atoms with Gasteiger partial charge in [-0.05, 0) is 24.5 Å². The summed E-state index contributed by atoms with van der Waals surface area (Å²) in [7, 11) is 1.29. The van der Waals surface area contributed by atoms with Crippen LogP contribution in [0.2, 0.25) is 0 Å². The van der Waals surface area contributed by atoms with Crippen molar-refractivity contribution in [3.8, 4) is 0 Å². The number of carbonyl (C=O) groups is 2. The third-order valence-electron chi connectivity index (χ3n) is 3.59. The summed E-state index contributed by atoms with van der Waals surface area (Å²) in [6.45, 7) is 5.74. The number of carboxylic acids is 1. The van der Waals surface area contributed by atoms with Gasteiger partial charge in [-0.2, -0.15) is 0 Å². The molecule has 24 heavy (non-hydrogen) atoms. The second-order valence-electron chi connectivity index (χ2n) is 5.44. The monoisotopic (exact) mass is 328 g/mol. The minimum atomic E-state index is -1.01. The van der Waals surface area contributed by atoms with E-state index in [1.807, 2.05) is 37.3 Å². The van der Waals surface area contributed by atoms with Crippen molar-refractivity contribution in [1.82, 2.24) is 0 Å². The van der Waals surface area contributed by atoms with Crippen molar-refractivity contribution in [3.63, 3.8) is 0 Å². The van der Waals surface area contributed by atoms with Crippen LogP contribution < -0.4 is 0 Å². The lowest BCUT2D eigenvalue weighted by Crippen LogP contribution is -2.08. The van der Waals surface area contributed by atoms with E-state index in [0.29, 0.717) is 12.0 Å². The fourth-order valence-corrected chi connectivity index (χ4v) is 2.27. The summed E-state index contributed by atoms with van der Waals surface area (Å²) in [6, 6.07) is 9.48. The van der Waals surface area contributed by atoms with E-state index in [2.05, 4.69) is 11.3 Å². The Hall–Kier alpha value is -2.62. The van der Waals surface area contributed by atoms with E-state index in [9.17, 15) is 14.7 Å². The average molecular weight is 328 g/mol. The van der Waals surface area contributed by atoms with Gasteiger partial charge in [-0.3, -0.25) is 0 Å². The first-order chi connectivity index (χ1) is 11.5. The van der Waals surface area contributed by atoms with Gasteiger partial charge in [-0.25, -0.2) is 9.59 Å². The standard InChI is InChI=1S/C20H24O4/c1-4-5-11-17(14-15(2)20(23)24-3)18(19(21)22)13-12-16-9-7-6-8-10-16/h6-10,12-13H,2,4-5,11,14H2,1,3H3,(H,21,22). The van der Waals surface area contributed by atoms with Crippen LogP contribution >= 0.6 is 0 Å². The van der Waals surface area contributed by atoms with Gasteiger partial charge in [0.05, 0.1) is 12.7 Å². The molecule has 4 heteroatoms. The number of carbonyl (C=O) groups excluding carboxylic acids is 1. The number of rotatable bonds is 9. The van der Waals surface area contributed by atoms with Crippen LogP contribution in [0.4, 0.5) is 0 Å². The highest BCUT2D eigenvalue weighted by atomic mass is 16.5. The fourth-order valence-electron chi connectivity index (χ4n) is 2.27. The Bertz CT molecular complexity index is 639. The molecule has 0 saturated heterocycles. The molecular weight excluding hydrogens is 304 g/mol. The highest BCUT2D eigenvalue weighted by Crippen LogP contribution is 2.23. The van der Waals surface area contributed by atoms with Crippen molar-refractivity contribution in [1.29, 1.82) is 0 Å². The lowest BCUT2D eigenvalue weighted by Gasteiger charge is -2.11. The molecule has 0 fully saturated rings. The smallest absolute Gasteiger partial charge is 0.335 e.